The van der Waals surface area contributed by atoms with Gasteiger partial charge < -0.3 is 10.2 Å². The average molecular weight is 427 g/mol. The molecule has 2 aliphatic heterocycles. The number of anilines is 1. The maximum absolute atomic E-state index is 12.5. The minimum Gasteiger partial charge on any atom is -0.355 e. The number of nitrogens with zero attached hydrogens (tertiary/aromatic N) is 3. The maximum atomic E-state index is 12.5. The third-order valence-corrected chi connectivity index (χ3v) is 6.61. The van der Waals surface area contributed by atoms with Crippen LogP contribution in [-0.4, -0.2) is 48.0 Å². The van der Waals surface area contributed by atoms with Gasteiger partial charge in [-0.3, -0.25) is 9.69 Å². The first-order chi connectivity index (χ1) is 14.7. The van der Waals surface area contributed by atoms with Gasteiger partial charge in [0.25, 0.3) is 0 Å². The summed E-state index contributed by atoms with van der Waals surface area (Å²) in [5.41, 5.74) is 1.34. The molecule has 2 aliphatic rings. The highest BCUT2D eigenvalue weighted by Crippen LogP contribution is 2.29. The number of likely N-dealkylation sites (tertiary alicyclic amines) is 1. The van der Waals surface area contributed by atoms with E-state index in [-0.39, 0.29) is 11.9 Å². The molecule has 0 saturated carbocycles. The summed E-state index contributed by atoms with van der Waals surface area (Å²) < 4.78 is 0. The van der Waals surface area contributed by atoms with Crippen LogP contribution in [0, 0.1) is 5.92 Å². The minimum atomic E-state index is 0.205. The molecule has 0 spiro atoms. The van der Waals surface area contributed by atoms with Crippen LogP contribution in [0.15, 0.2) is 48.7 Å². The lowest BCUT2D eigenvalue weighted by Crippen LogP contribution is -2.38. The molecular weight excluding hydrogens is 396 g/mol. The quantitative estimate of drug-likeness (QED) is 0.723. The van der Waals surface area contributed by atoms with E-state index < -0.39 is 0 Å². The summed E-state index contributed by atoms with van der Waals surface area (Å²) in [7, 11) is 0. The summed E-state index contributed by atoms with van der Waals surface area (Å²) >= 11 is 6.27. The minimum absolute atomic E-state index is 0.205. The number of nitrogens with one attached hydrogen (secondary N) is 1. The summed E-state index contributed by atoms with van der Waals surface area (Å²) in [4.78, 5) is 21.6. The van der Waals surface area contributed by atoms with Crippen LogP contribution < -0.4 is 10.2 Å². The van der Waals surface area contributed by atoms with Crippen molar-refractivity contribution in [2.45, 2.75) is 44.7 Å². The summed E-state index contributed by atoms with van der Waals surface area (Å²) in [6.45, 7) is 4.88. The highest BCUT2D eigenvalue weighted by Gasteiger charge is 2.25. The number of pyridine rings is 1. The largest absolute Gasteiger partial charge is 0.355 e. The zero-order valence-electron chi connectivity index (χ0n) is 17.5. The molecule has 5 nitrogen and oxygen atoms in total. The van der Waals surface area contributed by atoms with Crippen LogP contribution >= 0.6 is 11.6 Å². The van der Waals surface area contributed by atoms with E-state index in [1.54, 1.807) is 6.20 Å². The Labute approximate surface area is 184 Å². The fourth-order valence-corrected chi connectivity index (χ4v) is 4.86. The molecule has 0 bridgehead atoms. The number of hydrogen-bond acceptors (Lipinski definition) is 4. The van der Waals surface area contributed by atoms with Crippen molar-refractivity contribution in [3.63, 3.8) is 0 Å². The first-order valence-corrected chi connectivity index (χ1v) is 11.5. The van der Waals surface area contributed by atoms with E-state index in [9.17, 15) is 4.79 Å². The van der Waals surface area contributed by atoms with Crippen molar-refractivity contribution >= 4 is 23.3 Å². The van der Waals surface area contributed by atoms with Crippen molar-refractivity contribution in [2.24, 2.45) is 5.92 Å². The van der Waals surface area contributed by atoms with Crippen molar-refractivity contribution in [2.75, 3.05) is 31.1 Å². The van der Waals surface area contributed by atoms with Crippen LogP contribution in [0.2, 0.25) is 5.02 Å². The van der Waals surface area contributed by atoms with E-state index in [0.717, 1.165) is 64.2 Å². The Kier molecular flexibility index (Phi) is 7.24. The zero-order valence-corrected chi connectivity index (χ0v) is 18.2. The topological polar surface area (TPSA) is 48.5 Å². The lowest BCUT2D eigenvalue weighted by atomic mass is 9.92. The second kappa shape index (κ2) is 10.3. The number of aromatic nitrogens is 1. The van der Waals surface area contributed by atoms with Gasteiger partial charge in [0, 0.05) is 51.4 Å². The van der Waals surface area contributed by atoms with Crippen LogP contribution in [0.25, 0.3) is 0 Å². The lowest BCUT2D eigenvalue weighted by Gasteiger charge is -2.33. The van der Waals surface area contributed by atoms with Crippen LogP contribution in [0.4, 0.5) is 5.82 Å². The highest BCUT2D eigenvalue weighted by molar-refractivity contribution is 6.32. The molecule has 1 amide bonds. The first-order valence-electron chi connectivity index (χ1n) is 11.1. The molecule has 30 heavy (non-hydrogen) atoms. The fraction of sp³-hybridized carbons (Fsp3) is 0.500. The third-order valence-electron chi connectivity index (χ3n) is 6.32. The number of amides is 1. The van der Waals surface area contributed by atoms with Gasteiger partial charge in [-0.15, -0.1) is 0 Å². The molecule has 1 N–H and O–H groups in total. The van der Waals surface area contributed by atoms with Gasteiger partial charge in [0.1, 0.15) is 5.82 Å². The van der Waals surface area contributed by atoms with Gasteiger partial charge in [-0.05, 0) is 49.3 Å². The van der Waals surface area contributed by atoms with Crippen molar-refractivity contribution in [1.29, 1.82) is 0 Å². The second-order valence-electron chi connectivity index (χ2n) is 8.55. The number of rotatable bonds is 7. The van der Waals surface area contributed by atoms with E-state index in [0.29, 0.717) is 17.4 Å². The van der Waals surface area contributed by atoms with Gasteiger partial charge in [-0.2, -0.15) is 0 Å². The van der Waals surface area contributed by atoms with Crippen LogP contribution in [0.3, 0.4) is 0 Å². The van der Waals surface area contributed by atoms with Crippen LogP contribution in [-0.2, 0) is 11.3 Å². The number of piperidine rings is 1. The second-order valence-corrected chi connectivity index (χ2v) is 8.96. The number of carbonyl (C=O) groups excluding carboxylic acids is 1. The molecule has 3 heterocycles. The Balaban J connectivity index is 1.14. The number of benzene rings is 1. The molecule has 160 valence electrons. The van der Waals surface area contributed by atoms with Gasteiger partial charge in [0.15, 0.2) is 0 Å². The number of halogens is 1. The van der Waals surface area contributed by atoms with E-state index in [2.05, 4.69) is 44.4 Å². The Bertz CT molecular complexity index is 823. The number of hydrogen-bond donors (Lipinski definition) is 1. The van der Waals surface area contributed by atoms with E-state index in [1.165, 1.54) is 5.56 Å². The standard InChI is InChI=1S/C24H31ClN4O/c25-22-7-4-13-26-24(22)29-15-10-19(11-16-29)8-9-23(30)27-21-12-14-28(18-21)17-20-5-2-1-3-6-20/h1-7,13,19,21H,8-12,14-18H2,(H,27,30)/t21-/m0/s1. The van der Waals surface area contributed by atoms with E-state index in [4.69, 9.17) is 11.6 Å². The van der Waals surface area contributed by atoms with Crippen LogP contribution in [0.1, 0.15) is 37.7 Å². The molecule has 0 radical (unpaired) electrons. The van der Waals surface area contributed by atoms with Gasteiger partial charge in [0.05, 0.1) is 5.02 Å². The summed E-state index contributed by atoms with van der Waals surface area (Å²) in [5, 5.41) is 3.97. The molecule has 2 fully saturated rings. The van der Waals surface area contributed by atoms with Gasteiger partial charge >= 0.3 is 0 Å². The molecule has 6 heteroatoms. The molecule has 2 aromatic rings. The molecule has 0 unspecified atom stereocenters. The third kappa shape index (κ3) is 5.73. The summed E-state index contributed by atoms with van der Waals surface area (Å²) in [5.74, 6) is 1.70. The van der Waals surface area contributed by atoms with E-state index in [1.807, 2.05) is 18.2 Å². The Morgan fingerprint density at radius 3 is 2.63 bits per heavy atom. The lowest BCUT2D eigenvalue weighted by molar-refractivity contribution is -0.122. The molecule has 2 saturated heterocycles. The molecule has 1 aromatic carbocycles. The first kappa shape index (κ1) is 21.1. The van der Waals surface area contributed by atoms with Gasteiger partial charge in [-0.1, -0.05) is 41.9 Å². The van der Waals surface area contributed by atoms with Crippen molar-refractivity contribution in [1.82, 2.24) is 15.2 Å². The molecule has 1 aromatic heterocycles. The van der Waals surface area contributed by atoms with Crippen molar-refractivity contribution < 1.29 is 4.79 Å². The predicted molar refractivity (Wildman–Crippen MR) is 122 cm³/mol. The Morgan fingerprint density at radius 2 is 1.87 bits per heavy atom. The summed E-state index contributed by atoms with van der Waals surface area (Å²) in [6.07, 6.45) is 6.62. The predicted octanol–water partition coefficient (Wildman–Crippen LogP) is 4.12. The average Bonchev–Trinajstić information content (AvgIpc) is 3.20. The normalized spacial score (nSPS) is 20.4. The van der Waals surface area contributed by atoms with Crippen molar-refractivity contribution in [3.8, 4) is 0 Å². The van der Waals surface area contributed by atoms with E-state index >= 15 is 0 Å². The Morgan fingerprint density at radius 1 is 1.07 bits per heavy atom. The van der Waals surface area contributed by atoms with Crippen molar-refractivity contribution in [3.05, 3.63) is 59.2 Å². The fourth-order valence-electron chi connectivity index (χ4n) is 4.61. The Hall–Kier alpha value is -2.11. The van der Waals surface area contributed by atoms with Gasteiger partial charge in [0.2, 0.25) is 5.91 Å². The van der Waals surface area contributed by atoms with Crippen LogP contribution in [0.5, 0.6) is 0 Å². The highest BCUT2D eigenvalue weighted by atomic mass is 35.5. The molecule has 0 aliphatic carbocycles. The van der Waals surface area contributed by atoms with Gasteiger partial charge in [-0.25, -0.2) is 4.98 Å². The number of carbonyl (C=O) groups is 1. The SMILES string of the molecule is O=C(CCC1CCN(c2ncccc2Cl)CC1)N[C@H]1CCN(Cc2ccccc2)C1. The smallest absolute Gasteiger partial charge is 0.220 e. The zero-order chi connectivity index (χ0) is 20.8. The molecule has 4 rings (SSSR count). The molecular formula is C24H31ClN4O. The maximum Gasteiger partial charge on any atom is 0.220 e. The molecule has 1 atom stereocenters. The summed E-state index contributed by atoms with van der Waals surface area (Å²) in [6, 6.07) is 14.6. The monoisotopic (exact) mass is 426 g/mol.